The van der Waals surface area contributed by atoms with Crippen molar-refractivity contribution in [3.8, 4) is 0 Å². The van der Waals surface area contributed by atoms with E-state index in [1.165, 1.54) is 42.7 Å². The Kier molecular flexibility index (Phi) is 5.97. The molecule has 3 rings (SSSR count). The van der Waals surface area contributed by atoms with Gasteiger partial charge in [0, 0.05) is 24.0 Å². The summed E-state index contributed by atoms with van der Waals surface area (Å²) in [6.07, 6.45) is 2.95. The van der Waals surface area contributed by atoms with E-state index in [2.05, 4.69) is 9.71 Å². The fourth-order valence-corrected chi connectivity index (χ4v) is 6.55. The summed E-state index contributed by atoms with van der Waals surface area (Å²) >= 11 is 6.87. The van der Waals surface area contributed by atoms with Gasteiger partial charge in [-0.05, 0) is 47.3 Å². The van der Waals surface area contributed by atoms with Gasteiger partial charge in [-0.25, -0.2) is 21.6 Å². The van der Waals surface area contributed by atoms with E-state index in [1.807, 2.05) is 0 Å². The van der Waals surface area contributed by atoms with Crippen LogP contribution in [0.4, 0.5) is 0 Å². The van der Waals surface area contributed by atoms with Gasteiger partial charge in [0.2, 0.25) is 10.0 Å². The number of sulfonamides is 1. The van der Waals surface area contributed by atoms with Crippen LogP contribution in [0, 0.1) is 0 Å². The molecule has 6 nitrogen and oxygen atoms in total. The second kappa shape index (κ2) is 8.07. The summed E-state index contributed by atoms with van der Waals surface area (Å²) in [6.45, 7) is -0.323. The molecule has 27 heavy (non-hydrogen) atoms. The Morgan fingerprint density at radius 1 is 1.04 bits per heavy atom. The number of rotatable bonds is 7. The number of hydrogen-bond donors (Lipinski definition) is 1. The summed E-state index contributed by atoms with van der Waals surface area (Å²) in [5, 5.41) is 0.958. The van der Waals surface area contributed by atoms with Gasteiger partial charge in [0.1, 0.15) is 9.46 Å². The second-order valence-electron chi connectivity index (χ2n) is 5.56. The molecule has 0 saturated heterocycles. The summed E-state index contributed by atoms with van der Waals surface area (Å²) < 4.78 is 53.7. The first kappa shape index (κ1) is 20.0. The maximum atomic E-state index is 13.0. The largest absolute Gasteiger partial charge is 0.264 e. The third-order valence-corrected chi connectivity index (χ3v) is 9.01. The number of pyridine rings is 1. The minimum atomic E-state index is -3.90. The highest BCUT2D eigenvalue weighted by atomic mass is 35.5. The van der Waals surface area contributed by atoms with E-state index in [4.69, 9.17) is 11.6 Å². The highest BCUT2D eigenvalue weighted by Gasteiger charge is 2.31. The van der Waals surface area contributed by atoms with E-state index < -0.39 is 25.1 Å². The first-order valence-corrected chi connectivity index (χ1v) is 12.0. The van der Waals surface area contributed by atoms with Crippen LogP contribution < -0.4 is 4.72 Å². The SMILES string of the molecule is O=S(=O)(NC[C@@H](c1cccnc1)S(=O)(=O)c1cccs1)c1ccc(Cl)cc1. The molecule has 1 atom stereocenters. The van der Waals surface area contributed by atoms with Gasteiger partial charge in [-0.3, -0.25) is 4.98 Å². The number of nitrogens with zero attached hydrogens (tertiary/aromatic N) is 1. The van der Waals surface area contributed by atoms with Gasteiger partial charge in [-0.15, -0.1) is 11.3 Å². The molecule has 1 N–H and O–H groups in total. The van der Waals surface area contributed by atoms with Crippen LogP contribution >= 0.6 is 22.9 Å². The van der Waals surface area contributed by atoms with E-state index in [1.54, 1.807) is 23.6 Å². The monoisotopic (exact) mass is 442 g/mol. The van der Waals surface area contributed by atoms with Gasteiger partial charge in [0.15, 0.2) is 9.84 Å². The molecule has 0 fully saturated rings. The molecule has 0 aliphatic rings. The Bertz CT molecular complexity index is 1100. The van der Waals surface area contributed by atoms with E-state index in [-0.39, 0.29) is 15.6 Å². The zero-order valence-electron chi connectivity index (χ0n) is 13.8. The molecule has 2 heterocycles. The smallest absolute Gasteiger partial charge is 0.240 e. The number of hydrogen-bond acceptors (Lipinski definition) is 6. The van der Waals surface area contributed by atoms with Crippen LogP contribution in [0.5, 0.6) is 0 Å². The molecule has 3 aromatic rings. The van der Waals surface area contributed by atoms with Crippen molar-refractivity contribution < 1.29 is 16.8 Å². The molecule has 10 heteroatoms. The molecule has 0 bridgehead atoms. The Labute approximate surface area is 166 Å². The topological polar surface area (TPSA) is 93.2 Å². The number of sulfone groups is 1. The normalized spacial score (nSPS) is 13.4. The van der Waals surface area contributed by atoms with Gasteiger partial charge in [-0.2, -0.15) is 0 Å². The fourth-order valence-electron chi connectivity index (χ4n) is 2.42. The van der Waals surface area contributed by atoms with Crippen molar-refractivity contribution in [1.82, 2.24) is 9.71 Å². The fraction of sp³-hybridized carbons (Fsp3) is 0.118. The van der Waals surface area contributed by atoms with Crippen LogP contribution in [-0.4, -0.2) is 28.4 Å². The molecule has 0 amide bonds. The maximum absolute atomic E-state index is 13.0. The lowest BCUT2D eigenvalue weighted by Gasteiger charge is -2.18. The van der Waals surface area contributed by atoms with Crippen LogP contribution in [0.2, 0.25) is 5.02 Å². The Morgan fingerprint density at radius 3 is 2.37 bits per heavy atom. The minimum Gasteiger partial charge on any atom is -0.264 e. The van der Waals surface area contributed by atoms with Crippen molar-refractivity contribution in [2.75, 3.05) is 6.54 Å². The lowest BCUT2D eigenvalue weighted by atomic mass is 10.2. The molecule has 0 spiro atoms. The number of nitrogens with one attached hydrogen (secondary N) is 1. The summed E-state index contributed by atoms with van der Waals surface area (Å²) in [4.78, 5) is 3.96. The second-order valence-corrected chi connectivity index (χ2v) is 11.1. The minimum absolute atomic E-state index is 0.00496. The van der Waals surface area contributed by atoms with Crippen molar-refractivity contribution in [3.63, 3.8) is 0 Å². The van der Waals surface area contributed by atoms with Crippen LogP contribution in [-0.2, 0) is 19.9 Å². The van der Waals surface area contributed by atoms with E-state index in [0.29, 0.717) is 10.6 Å². The lowest BCUT2D eigenvalue weighted by molar-refractivity contribution is 0.569. The van der Waals surface area contributed by atoms with Gasteiger partial charge < -0.3 is 0 Å². The van der Waals surface area contributed by atoms with Crippen LogP contribution in [0.1, 0.15) is 10.8 Å². The molecule has 0 unspecified atom stereocenters. The van der Waals surface area contributed by atoms with Gasteiger partial charge in [0.05, 0.1) is 4.90 Å². The van der Waals surface area contributed by atoms with Crippen molar-refractivity contribution in [2.45, 2.75) is 14.4 Å². The number of halogens is 1. The van der Waals surface area contributed by atoms with E-state index in [0.717, 1.165) is 11.3 Å². The van der Waals surface area contributed by atoms with Crippen LogP contribution in [0.3, 0.4) is 0 Å². The Hall–Kier alpha value is -1.78. The number of aromatic nitrogens is 1. The molecule has 142 valence electrons. The summed E-state index contributed by atoms with van der Waals surface area (Å²) in [7, 11) is -7.69. The third-order valence-electron chi connectivity index (χ3n) is 3.79. The van der Waals surface area contributed by atoms with Crippen LogP contribution in [0.25, 0.3) is 0 Å². The third kappa shape index (κ3) is 4.56. The molecular formula is C17H15ClN2O4S3. The average molecular weight is 443 g/mol. The Balaban J connectivity index is 1.92. The van der Waals surface area contributed by atoms with Gasteiger partial charge in [0.25, 0.3) is 0 Å². The van der Waals surface area contributed by atoms with Crippen molar-refractivity contribution in [1.29, 1.82) is 0 Å². The van der Waals surface area contributed by atoms with Crippen molar-refractivity contribution >= 4 is 42.8 Å². The zero-order chi connectivity index (χ0) is 19.5. The first-order valence-electron chi connectivity index (χ1n) is 7.73. The standard InChI is InChI=1S/C17H15ClN2O4S3/c18-14-5-7-15(8-6-14)27(23,24)20-12-16(13-3-1-9-19-11-13)26(21,22)17-4-2-10-25-17/h1-11,16,20H,12H2/t16-/m0/s1. The first-order chi connectivity index (χ1) is 12.8. The van der Waals surface area contributed by atoms with E-state index in [9.17, 15) is 16.8 Å². The van der Waals surface area contributed by atoms with Crippen LogP contribution in [0.15, 0.2) is 75.4 Å². The zero-order valence-corrected chi connectivity index (χ0v) is 17.0. The maximum Gasteiger partial charge on any atom is 0.240 e. The molecule has 1 aromatic carbocycles. The lowest BCUT2D eigenvalue weighted by Crippen LogP contribution is -2.31. The molecular weight excluding hydrogens is 428 g/mol. The van der Waals surface area contributed by atoms with Gasteiger partial charge in [-0.1, -0.05) is 23.7 Å². The molecule has 2 aromatic heterocycles. The molecule has 0 aliphatic heterocycles. The highest BCUT2D eigenvalue weighted by molar-refractivity contribution is 7.93. The summed E-state index contributed by atoms with van der Waals surface area (Å²) in [5.41, 5.74) is 0.407. The number of thiophene rings is 1. The van der Waals surface area contributed by atoms with Crippen molar-refractivity contribution in [2.24, 2.45) is 0 Å². The quantitative estimate of drug-likeness (QED) is 0.606. The number of benzene rings is 1. The molecule has 0 aliphatic carbocycles. The predicted molar refractivity (Wildman–Crippen MR) is 105 cm³/mol. The van der Waals surface area contributed by atoms with Gasteiger partial charge >= 0.3 is 0 Å². The molecule has 0 saturated carbocycles. The van der Waals surface area contributed by atoms with E-state index >= 15 is 0 Å². The van der Waals surface area contributed by atoms with Crippen molar-refractivity contribution in [3.05, 3.63) is 76.9 Å². The Morgan fingerprint density at radius 2 is 1.78 bits per heavy atom. The predicted octanol–water partition coefficient (Wildman–Crippen LogP) is 3.29. The highest BCUT2D eigenvalue weighted by Crippen LogP contribution is 2.31. The molecule has 0 radical (unpaired) electrons. The average Bonchev–Trinajstić information content (AvgIpc) is 3.18. The summed E-state index contributed by atoms with van der Waals surface area (Å²) in [6, 6.07) is 12.0. The summed E-state index contributed by atoms with van der Waals surface area (Å²) in [5.74, 6) is 0.